The summed E-state index contributed by atoms with van der Waals surface area (Å²) < 4.78 is 4.72. The molecule has 1 aromatic rings. The number of hydrogen-bond donors (Lipinski definition) is 2. The van der Waals surface area contributed by atoms with Crippen LogP contribution in [0.1, 0.15) is 26.5 Å². The maximum absolute atomic E-state index is 12.0. The van der Waals surface area contributed by atoms with Crippen LogP contribution in [0.2, 0.25) is 0 Å². The molecule has 9 heteroatoms. The Balaban J connectivity index is 3.17. The number of carbonyl (C=O) groups excluding carboxylic acids is 1. The van der Waals surface area contributed by atoms with Crippen molar-refractivity contribution in [3.63, 3.8) is 0 Å². The number of alkyl halides is 3. The molecule has 0 aromatic carbocycles. The van der Waals surface area contributed by atoms with Crippen LogP contribution in [0.15, 0.2) is 37.1 Å². The smallest absolute Gasteiger partial charge is 0.412 e. The van der Waals surface area contributed by atoms with E-state index in [4.69, 9.17) is 45.3 Å². The molecule has 0 atom stereocenters. The van der Waals surface area contributed by atoms with Gasteiger partial charge in [0.2, 0.25) is 3.79 Å². The Morgan fingerprint density at radius 3 is 2.56 bits per heavy atom. The molecule has 1 amide bonds. The number of aromatic nitrogens is 2. The van der Waals surface area contributed by atoms with Gasteiger partial charge in [-0.25, -0.2) is 9.48 Å². The topological polar surface area (TPSA) is 82.2 Å². The first-order valence-corrected chi connectivity index (χ1v) is 8.44. The van der Waals surface area contributed by atoms with Gasteiger partial charge in [-0.1, -0.05) is 62.2 Å². The lowest BCUT2D eigenvalue weighted by molar-refractivity contribution is 0.163. The number of halogens is 3. The number of ether oxygens (including phenoxy) is 1. The highest BCUT2D eigenvalue weighted by Crippen LogP contribution is 2.28. The second-order valence-electron chi connectivity index (χ2n) is 6.07. The number of allylic oxidation sites excluding steroid dienone is 4. The summed E-state index contributed by atoms with van der Waals surface area (Å²) in [6.07, 6.45) is 5.51. The van der Waals surface area contributed by atoms with Crippen molar-refractivity contribution in [2.75, 3.05) is 11.9 Å². The van der Waals surface area contributed by atoms with Gasteiger partial charge in [-0.3, -0.25) is 5.32 Å². The summed E-state index contributed by atoms with van der Waals surface area (Å²) in [5, 5.41) is 7.11. The highest BCUT2D eigenvalue weighted by atomic mass is 35.6. The lowest BCUT2D eigenvalue weighted by Crippen LogP contribution is -2.22. The van der Waals surface area contributed by atoms with Crippen LogP contribution >= 0.6 is 34.8 Å². The van der Waals surface area contributed by atoms with E-state index in [1.807, 2.05) is 20.8 Å². The van der Waals surface area contributed by atoms with Crippen LogP contribution in [0.4, 0.5) is 10.6 Å². The third-order valence-corrected chi connectivity index (χ3v) is 3.23. The summed E-state index contributed by atoms with van der Waals surface area (Å²) in [6, 6.07) is 1.74. The van der Waals surface area contributed by atoms with E-state index < -0.39 is 9.89 Å². The molecule has 0 saturated heterocycles. The van der Waals surface area contributed by atoms with Gasteiger partial charge in [0.05, 0.1) is 11.4 Å². The zero-order valence-corrected chi connectivity index (χ0v) is 16.5. The first kappa shape index (κ1) is 21.4. The summed E-state index contributed by atoms with van der Waals surface area (Å²) in [4.78, 5) is 12.0. The number of nitrogens with one attached hydrogen (secondary N) is 1. The molecule has 0 aliphatic carbocycles. The van der Waals surface area contributed by atoms with E-state index in [1.54, 1.807) is 24.3 Å². The number of hydrogen-bond acceptors (Lipinski definition) is 4. The van der Waals surface area contributed by atoms with Crippen LogP contribution in [0, 0.1) is 0 Å². The second-order valence-corrected chi connectivity index (χ2v) is 8.59. The Morgan fingerprint density at radius 1 is 1.44 bits per heavy atom. The van der Waals surface area contributed by atoms with Crippen molar-refractivity contribution in [3.05, 3.63) is 42.8 Å². The van der Waals surface area contributed by atoms with Gasteiger partial charge in [-0.05, 0) is 24.4 Å². The molecule has 0 spiro atoms. The molecule has 3 N–H and O–H groups in total. The zero-order chi connectivity index (χ0) is 19.3. The molecule has 0 unspecified atom stereocenters. The van der Waals surface area contributed by atoms with Gasteiger partial charge >= 0.3 is 6.09 Å². The second kappa shape index (κ2) is 8.65. The van der Waals surface area contributed by atoms with Gasteiger partial charge in [0, 0.05) is 11.5 Å². The first-order chi connectivity index (χ1) is 11.5. The fraction of sp³-hybridized carbons (Fsp3) is 0.375. The van der Waals surface area contributed by atoms with Gasteiger partial charge in [0.25, 0.3) is 0 Å². The van der Waals surface area contributed by atoms with Crippen molar-refractivity contribution in [2.45, 2.75) is 30.0 Å². The van der Waals surface area contributed by atoms with Gasteiger partial charge < -0.3 is 10.5 Å². The normalized spacial score (nSPS) is 13.1. The first-order valence-electron chi connectivity index (χ1n) is 7.30. The molecule has 138 valence electrons. The SMILES string of the molecule is C=C/C(=C\C=C/N)n1nc(C(C)(C)C)cc1NC(=O)OCC(Cl)(Cl)Cl. The molecule has 1 heterocycles. The average molecular weight is 408 g/mol. The van der Waals surface area contributed by atoms with Crippen molar-refractivity contribution < 1.29 is 9.53 Å². The molecule has 1 rings (SSSR count). The number of nitrogens with zero attached hydrogens (tertiary/aromatic N) is 2. The number of rotatable bonds is 5. The average Bonchev–Trinajstić information content (AvgIpc) is 2.89. The van der Waals surface area contributed by atoms with Crippen LogP contribution in [0.25, 0.3) is 5.70 Å². The van der Waals surface area contributed by atoms with Gasteiger partial charge in [0.15, 0.2) is 0 Å². The van der Waals surface area contributed by atoms with Crippen molar-refractivity contribution in [3.8, 4) is 0 Å². The Morgan fingerprint density at radius 2 is 2.08 bits per heavy atom. The summed E-state index contributed by atoms with van der Waals surface area (Å²) in [7, 11) is 0. The molecule has 0 fully saturated rings. The maximum Gasteiger partial charge on any atom is 0.412 e. The van der Waals surface area contributed by atoms with Crippen molar-refractivity contribution in [1.82, 2.24) is 9.78 Å². The minimum atomic E-state index is -1.69. The molecule has 25 heavy (non-hydrogen) atoms. The lowest BCUT2D eigenvalue weighted by atomic mass is 9.92. The Bertz CT molecular complexity index is 683. The molecule has 0 radical (unpaired) electrons. The highest BCUT2D eigenvalue weighted by Gasteiger charge is 2.24. The van der Waals surface area contributed by atoms with Crippen molar-refractivity contribution in [2.24, 2.45) is 5.73 Å². The summed E-state index contributed by atoms with van der Waals surface area (Å²) in [5.74, 6) is 0.385. The highest BCUT2D eigenvalue weighted by molar-refractivity contribution is 6.67. The largest absolute Gasteiger partial charge is 0.445 e. The number of nitrogens with two attached hydrogens (primary N) is 1. The van der Waals surface area contributed by atoms with E-state index in [0.29, 0.717) is 11.5 Å². The van der Waals surface area contributed by atoms with Gasteiger partial charge in [-0.15, -0.1) is 0 Å². The van der Waals surface area contributed by atoms with Gasteiger partial charge in [0.1, 0.15) is 12.4 Å². The molecule has 0 aliphatic heterocycles. The molecule has 0 aliphatic rings. The van der Waals surface area contributed by atoms with E-state index in [-0.39, 0.29) is 12.0 Å². The third-order valence-electron chi connectivity index (χ3n) is 2.91. The van der Waals surface area contributed by atoms with Gasteiger partial charge in [-0.2, -0.15) is 5.10 Å². The third kappa shape index (κ3) is 7.02. The zero-order valence-electron chi connectivity index (χ0n) is 14.2. The van der Waals surface area contributed by atoms with Crippen LogP contribution < -0.4 is 11.1 Å². The maximum atomic E-state index is 12.0. The monoisotopic (exact) mass is 406 g/mol. The Hall–Kier alpha value is -1.63. The summed E-state index contributed by atoms with van der Waals surface area (Å²) >= 11 is 16.7. The van der Waals surface area contributed by atoms with E-state index in [2.05, 4.69) is 17.0 Å². The summed E-state index contributed by atoms with van der Waals surface area (Å²) in [5.41, 5.74) is 6.49. The van der Waals surface area contributed by atoms with Crippen LogP contribution in [-0.4, -0.2) is 26.3 Å². The van der Waals surface area contributed by atoms with Crippen LogP contribution in [0.5, 0.6) is 0 Å². The Kier molecular flexibility index (Phi) is 7.41. The van der Waals surface area contributed by atoms with E-state index in [9.17, 15) is 4.79 Å². The molecule has 6 nitrogen and oxygen atoms in total. The summed E-state index contributed by atoms with van der Waals surface area (Å²) in [6.45, 7) is 9.37. The molecular formula is C16H21Cl3N4O2. The fourth-order valence-electron chi connectivity index (χ4n) is 1.70. The number of anilines is 1. The fourth-order valence-corrected chi connectivity index (χ4v) is 1.86. The quantitative estimate of drug-likeness (QED) is 0.552. The lowest BCUT2D eigenvalue weighted by Gasteiger charge is -2.14. The van der Waals surface area contributed by atoms with E-state index in [0.717, 1.165) is 5.69 Å². The molecule has 1 aromatic heterocycles. The molecule has 0 saturated carbocycles. The van der Waals surface area contributed by atoms with Crippen LogP contribution in [-0.2, 0) is 10.2 Å². The van der Waals surface area contributed by atoms with E-state index in [1.165, 1.54) is 10.9 Å². The predicted molar refractivity (Wildman–Crippen MR) is 104 cm³/mol. The molecule has 0 bridgehead atoms. The standard InChI is InChI=1S/C16H21Cl3N4O2/c1-5-11(7-6-8-20)23-13(9-12(22-23)15(2,3)4)21-14(24)25-10-16(17,18)19/h5-9H,1,10,20H2,2-4H3,(H,21,24)/b8-6-,11-7+. The number of carbonyl (C=O) groups is 1. The predicted octanol–water partition coefficient (Wildman–Crippen LogP) is 4.60. The van der Waals surface area contributed by atoms with E-state index >= 15 is 0 Å². The minimum absolute atomic E-state index is 0.237. The van der Waals surface area contributed by atoms with Crippen molar-refractivity contribution in [1.29, 1.82) is 0 Å². The minimum Gasteiger partial charge on any atom is -0.445 e. The van der Waals surface area contributed by atoms with Crippen molar-refractivity contribution >= 4 is 52.4 Å². The number of amides is 1. The van der Waals surface area contributed by atoms with Crippen LogP contribution in [0.3, 0.4) is 0 Å². The molecular weight excluding hydrogens is 387 g/mol. The Labute approximate surface area is 162 Å².